The van der Waals surface area contributed by atoms with Gasteiger partial charge in [-0.3, -0.25) is 4.99 Å². The van der Waals surface area contributed by atoms with Crippen molar-refractivity contribution in [3.05, 3.63) is 0 Å². The number of alkyl halides is 1. The minimum absolute atomic E-state index is 0.246. The number of halogens is 1. The van der Waals surface area contributed by atoms with Crippen LogP contribution in [-0.2, 0) is 0 Å². The van der Waals surface area contributed by atoms with Gasteiger partial charge in [-0.25, -0.2) is 0 Å². The second-order valence-corrected chi connectivity index (χ2v) is 4.19. The quantitative estimate of drug-likeness (QED) is 0.461. The molecule has 0 aromatic rings. The highest BCUT2D eigenvalue weighted by atomic mass is 35.5. The first-order valence-corrected chi connectivity index (χ1v) is 4.51. The number of hydrogen-bond donors (Lipinski definition) is 0. The molecule has 0 aliphatic rings. The Morgan fingerprint density at radius 1 is 1.55 bits per heavy atom. The zero-order chi connectivity index (χ0) is 9.07. The van der Waals surface area contributed by atoms with Crippen LogP contribution in [0.25, 0.3) is 0 Å². The Hall–Kier alpha value is -0.0400. The summed E-state index contributed by atoms with van der Waals surface area (Å²) >= 11 is 6.18. The molecular formula is C9H18ClN. The van der Waals surface area contributed by atoms with Crippen LogP contribution in [0.5, 0.6) is 0 Å². The van der Waals surface area contributed by atoms with E-state index in [0.717, 1.165) is 12.1 Å². The molecule has 0 bridgehead atoms. The van der Waals surface area contributed by atoms with Crippen LogP contribution in [0.3, 0.4) is 0 Å². The third kappa shape index (κ3) is 3.76. The van der Waals surface area contributed by atoms with Crippen LogP contribution in [-0.4, -0.2) is 16.6 Å². The van der Waals surface area contributed by atoms with Gasteiger partial charge in [0.05, 0.1) is 4.87 Å². The summed E-state index contributed by atoms with van der Waals surface area (Å²) in [6.07, 6.45) is 0.927. The lowest BCUT2D eigenvalue weighted by Crippen LogP contribution is -2.26. The third-order valence-electron chi connectivity index (χ3n) is 1.87. The van der Waals surface area contributed by atoms with Crippen LogP contribution in [0.15, 0.2) is 4.99 Å². The topological polar surface area (TPSA) is 12.4 Å². The maximum Gasteiger partial charge on any atom is 0.0789 e. The van der Waals surface area contributed by atoms with Gasteiger partial charge >= 0.3 is 0 Å². The normalized spacial score (nSPS) is 18.6. The van der Waals surface area contributed by atoms with Crippen LogP contribution in [0.2, 0.25) is 0 Å². The molecule has 0 aliphatic heterocycles. The van der Waals surface area contributed by atoms with E-state index in [1.807, 2.05) is 13.8 Å². The molecule has 2 heteroatoms. The van der Waals surface area contributed by atoms with Crippen LogP contribution in [0, 0.1) is 0 Å². The van der Waals surface area contributed by atoms with Crippen molar-refractivity contribution in [1.82, 2.24) is 0 Å². The minimum Gasteiger partial charge on any atom is -0.290 e. The maximum atomic E-state index is 6.18. The van der Waals surface area contributed by atoms with E-state index in [-0.39, 0.29) is 4.87 Å². The number of hydrogen-bond acceptors (Lipinski definition) is 1. The molecule has 0 aromatic carbocycles. The average molecular weight is 176 g/mol. The molecule has 0 radical (unpaired) electrons. The van der Waals surface area contributed by atoms with E-state index in [2.05, 4.69) is 25.8 Å². The first-order valence-electron chi connectivity index (χ1n) is 4.14. The summed E-state index contributed by atoms with van der Waals surface area (Å²) in [5.41, 5.74) is 1.04. The van der Waals surface area contributed by atoms with E-state index in [9.17, 15) is 0 Å². The highest BCUT2D eigenvalue weighted by Gasteiger charge is 2.21. The highest BCUT2D eigenvalue weighted by molar-refractivity contribution is 6.35. The summed E-state index contributed by atoms with van der Waals surface area (Å²) in [5, 5.41) is 0. The molecule has 0 fully saturated rings. The van der Waals surface area contributed by atoms with Crippen LogP contribution in [0.1, 0.15) is 41.0 Å². The van der Waals surface area contributed by atoms with Gasteiger partial charge in [-0.1, -0.05) is 6.92 Å². The van der Waals surface area contributed by atoms with E-state index >= 15 is 0 Å². The number of rotatable bonds is 3. The van der Waals surface area contributed by atoms with Crippen molar-refractivity contribution in [3.8, 4) is 0 Å². The van der Waals surface area contributed by atoms with Gasteiger partial charge in [0.1, 0.15) is 0 Å². The lowest BCUT2D eigenvalue weighted by molar-refractivity contribution is 0.749. The molecule has 0 aliphatic carbocycles. The summed E-state index contributed by atoms with van der Waals surface area (Å²) in [6.45, 7) is 10.2. The van der Waals surface area contributed by atoms with Gasteiger partial charge in [-0.2, -0.15) is 0 Å². The van der Waals surface area contributed by atoms with Gasteiger partial charge in [-0.05, 0) is 34.1 Å². The SMILES string of the molecule is CCC(C)(Cl)C(C)=NC(C)C. The van der Waals surface area contributed by atoms with Gasteiger partial charge in [0.25, 0.3) is 0 Å². The Kier molecular flexibility index (Phi) is 4.09. The van der Waals surface area contributed by atoms with Crippen molar-refractivity contribution >= 4 is 17.3 Å². The molecule has 1 nitrogen and oxygen atoms in total. The fourth-order valence-corrected chi connectivity index (χ4v) is 0.827. The van der Waals surface area contributed by atoms with Crippen LogP contribution >= 0.6 is 11.6 Å². The fourth-order valence-electron chi connectivity index (χ4n) is 0.778. The van der Waals surface area contributed by atoms with Gasteiger partial charge in [0, 0.05) is 11.8 Å². The van der Waals surface area contributed by atoms with E-state index in [4.69, 9.17) is 11.6 Å². The number of nitrogens with zero attached hydrogens (tertiary/aromatic N) is 1. The highest BCUT2D eigenvalue weighted by Crippen LogP contribution is 2.21. The molecule has 0 saturated heterocycles. The van der Waals surface area contributed by atoms with E-state index in [1.165, 1.54) is 0 Å². The van der Waals surface area contributed by atoms with Crippen LogP contribution < -0.4 is 0 Å². The van der Waals surface area contributed by atoms with Gasteiger partial charge < -0.3 is 0 Å². The first-order chi connectivity index (χ1) is 4.90. The predicted octanol–water partition coefficient (Wildman–Crippen LogP) is 3.26. The second kappa shape index (κ2) is 4.10. The molecule has 0 amide bonds. The van der Waals surface area contributed by atoms with Crippen molar-refractivity contribution < 1.29 is 0 Å². The van der Waals surface area contributed by atoms with E-state index < -0.39 is 0 Å². The smallest absolute Gasteiger partial charge is 0.0789 e. The molecule has 11 heavy (non-hydrogen) atoms. The van der Waals surface area contributed by atoms with Crippen molar-refractivity contribution in [2.24, 2.45) is 4.99 Å². The Morgan fingerprint density at radius 3 is 2.27 bits per heavy atom. The van der Waals surface area contributed by atoms with Gasteiger partial charge in [0.2, 0.25) is 0 Å². The monoisotopic (exact) mass is 175 g/mol. The summed E-state index contributed by atoms with van der Waals surface area (Å²) in [6, 6.07) is 0.347. The van der Waals surface area contributed by atoms with Gasteiger partial charge in [-0.15, -0.1) is 11.6 Å². The Labute approximate surface area is 74.9 Å². The average Bonchev–Trinajstić information content (AvgIpc) is 1.86. The second-order valence-electron chi connectivity index (χ2n) is 3.36. The van der Waals surface area contributed by atoms with Crippen molar-refractivity contribution in [1.29, 1.82) is 0 Å². The molecule has 0 heterocycles. The molecule has 1 unspecified atom stereocenters. The molecule has 0 spiro atoms. The van der Waals surface area contributed by atoms with E-state index in [1.54, 1.807) is 0 Å². The van der Waals surface area contributed by atoms with Crippen molar-refractivity contribution in [2.45, 2.75) is 52.0 Å². The molecule has 0 rings (SSSR count). The Bertz CT molecular complexity index is 148. The maximum absolute atomic E-state index is 6.18. The molecular weight excluding hydrogens is 158 g/mol. The molecule has 0 N–H and O–H groups in total. The summed E-state index contributed by atoms with van der Waals surface area (Å²) in [5.74, 6) is 0. The largest absolute Gasteiger partial charge is 0.290 e. The number of aliphatic imine (C=N–C) groups is 1. The van der Waals surface area contributed by atoms with Gasteiger partial charge in [0.15, 0.2) is 0 Å². The molecule has 0 saturated carbocycles. The summed E-state index contributed by atoms with van der Waals surface area (Å²) in [7, 11) is 0. The lowest BCUT2D eigenvalue weighted by atomic mass is 10.0. The molecule has 0 aromatic heterocycles. The van der Waals surface area contributed by atoms with E-state index in [0.29, 0.717) is 6.04 Å². The minimum atomic E-state index is -0.246. The Morgan fingerprint density at radius 2 is 2.00 bits per heavy atom. The van der Waals surface area contributed by atoms with Crippen LogP contribution in [0.4, 0.5) is 0 Å². The Balaban J connectivity index is 4.33. The third-order valence-corrected chi connectivity index (χ3v) is 2.41. The molecule has 1 atom stereocenters. The standard InChI is InChI=1S/C9H18ClN/c1-6-9(5,10)8(4)11-7(2)3/h7H,6H2,1-5H3. The first kappa shape index (κ1) is 11.0. The predicted molar refractivity (Wildman–Crippen MR) is 52.8 cm³/mol. The summed E-state index contributed by atoms with van der Waals surface area (Å²) in [4.78, 5) is 4.16. The molecule has 66 valence electrons. The fraction of sp³-hybridized carbons (Fsp3) is 0.889. The summed E-state index contributed by atoms with van der Waals surface area (Å²) < 4.78 is 0. The van der Waals surface area contributed by atoms with Crippen molar-refractivity contribution in [2.75, 3.05) is 0 Å². The van der Waals surface area contributed by atoms with Crippen molar-refractivity contribution in [3.63, 3.8) is 0 Å². The zero-order valence-corrected chi connectivity index (χ0v) is 8.87. The lowest BCUT2D eigenvalue weighted by Gasteiger charge is -2.20. The zero-order valence-electron chi connectivity index (χ0n) is 8.11.